The maximum atomic E-state index is 14.5. The van der Waals surface area contributed by atoms with Crippen LogP contribution in [0.1, 0.15) is 64.6 Å². The monoisotopic (exact) mass is 369 g/mol. The quantitative estimate of drug-likeness (QED) is 0.818. The molecule has 1 fully saturated rings. The van der Waals surface area contributed by atoms with Crippen LogP contribution in [0.25, 0.3) is 0 Å². The van der Waals surface area contributed by atoms with Gasteiger partial charge in [-0.25, -0.2) is 4.39 Å². The van der Waals surface area contributed by atoms with Gasteiger partial charge in [-0.1, -0.05) is 13.8 Å². The highest BCUT2D eigenvalue weighted by molar-refractivity contribution is 5.95. The van der Waals surface area contributed by atoms with Crippen molar-refractivity contribution in [1.29, 1.82) is 0 Å². The van der Waals surface area contributed by atoms with Gasteiger partial charge in [-0.3, -0.25) is 14.6 Å². The lowest BCUT2D eigenvalue weighted by Gasteiger charge is -2.25. The molecule has 6 heteroatoms. The number of carbonyl (C=O) groups is 2. The molecule has 3 rings (SSSR count). The highest BCUT2D eigenvalue weighted by atomic mass is 19.1. The molecule has 5 nitrogen and oxygen atoms in total. The van der Waals surface area contributed by atoms with Crippen LogP contribution in [-0.2, 0) is 0 Å². The van der Waals surface area contributed by atoms with Crippen LogP contribution in [0, 0.1) is 18.7 Å². The van der Waals surface area contributed by atoms with E-state index < -0.39 is 11.9 Å². The average Bonchev–Trinajstić information content (AvgIpc) is 3.46. The number of nitrogens with one attached hydrogen (secondary N) is 2. The molecule has 0 saturated heterocycles. The van der Waals surface area contributed by atoms with Crippen molar-refractivity contribution in [3.8, 4) is 0 Å². The Morgan fingerprint density at radius 2 is 1.93 bits per heavy atom. The number of pyridine rings is 1. The normalized spacial score (nSPS) is 14.7. The first-order chi connectivity index (χ1) is 12.9. The van der Waals surface area contributed by atoms with Gasteiger partial charge in [-0.15, -0.1) is 0 Å². The molecule has 1 aliphatic rings. The molecule has 0 bridgehead atoms. The number of hydrogen-bond acceptors (Lipinski definition) is 3. The summed E-state index contributed by atoms with van der Waals surface area (Å²) in [6.07, 6.45) is 5.00. The van der Waals surface area contributed by atoms with Crippen LogP contribution in [0.2, 0.25) is 0 Å². The zero-order valence-electron chi connectivity index (χ0n) is 15.8. The molecule has 27 heavy (non-hydrogen) atoms. The topological polar surface area (TPSA) is 71.1 Å². The van der Waals surface area contributed by atoms with Crippen LogP contribution < -0.4 is 10.6 Å². The molecular weight excluding hydrogens is 345 g/mol. The molecule has 0 aliphatic heterocycles. The minimum Gasteiger partial charge on any atom is -0.349 e. The van der Waals surface area contributed by atoms with Crippen molar-refractivity contribution in [2.45, 2.75) is 45.7 Å². The summed E-state index contributed by atoms with van der Waals surface area (Å²) in [5.74, 6) is -1.01. The molecule has 0 spiro atoms. The first kappa shape index (κ1) is 19.0. The fourth-order valence-corrected chi connectivity index (χ4v) is 2.98. The molecule has 0 radical (unpaired) electrons. The molecule has 1 aromatic carbocycles. The minimum atomic E-state index is -0.449. The lowest BCUT2D eigenvalue weighted by Crippen LogP contribution is -2.33. The van der Waals surface area contributed by atoms with E-state index in [-0.39, 0.29) is 29.3 Å². The summed E-state index contributed by atoms with van der Waals surface area (Å²) < 4.78 is 14.5. The van der Waals surface area contributed by atoms with Gasteiger partial charge in [0.2, 0.25) is 0 Å². The summed E-state index contributed by atoms with van der Waals surface area (Å²) in [7, 11) is 0. The zero-order valence-corrected chi connectivity index (χ0v) is 15.8. The van der Waals surface area contributed by atoms with Crippen molar-refractivity contribution in [3.05, 3.63) is 64.7 Å². The van der Waals surface area contributed by atoms with Crippen LogP contribution in [0.5, 0.6) is 0 Å². The van der Waals surface area contributed by atoms with Crippen molar-refractivity contribution in [3.63, 3.8) is 0 Å². The number of carbonyl (C=O) groups excluding carboxylic acids is 2. The number of halogens is 1. The Hall–Kier alpha value is -2.76. The van der Waals surface area contributed by atoms with Gasteiger partial charge >= 0.3 is 0 Å². The molecular formula is C21H24FN3O2. The van der Waals surface area contributed by atoms with Crippen molar-refractivity contribution < 1.29 is 14.0 Å². The van der Waals surface area contributed by atoms with Gasteiger partial charge in [0.25, 0.3) is 11.8 Å². The van der Waals surface area contributed by atoms with Crippen molar-refractivity contribution in [2.75, 3.05) is 0 Å². The number of rotatable bonds is 6. The van der Waals surface area contributed by atoms with Gasteiger partial charge in [-0.2, -0.15) is 0 Å². The van der Waals surface area contributed by atoms with E-state index in [4.69, 9.17) is 0 Å². The molecule has 1 aliphatic carbocycles. The average molecular weight is 369 g/mol. The predicted molar refractivity (Wildman–Crippen MR) is 101 cm³/mol. The van der Waals surface area contributed by atoms with E-state index in [1.807, 2.05) is 13.8 Å². The van der Waals surface area contributed by atoms with Crippen molar-refractivity contribution in [2.24, 2.45) is 5.92 Å². The van der Waals surface area contributed by atoms with Crippen LogP contribution in [-0.4, -0.2) is 22.8 Å². The second-order valence-corrected chi connectivity index (χ2v) is 7.36. The van der Waals surface area contributed by atoms with E-state index in [0.29, 0.717) is 16.7 Å². The first-order valence-corrected chi connectivity index (χ1v) is 9.18. The van der Waals surface area contributed by atoms with Crippen molar-refractivity contribution >= 4 is 11.8 Å². The van der Waals surface area contributed by atoms with E-state index in [1.54, 1.807) is 31.3 Å². The molecule has 1 saturated carbocycles. The van der Waals surface area contributed by atoms with Gasteiger partial charge in [0.05, 0.1) is 11.6 Å². The Bertz CT molecular complexity index is 848. The summed E-state index contributed by atoms with van der Waals surface area (Å²) >= 11 is 0. The third kappa shape index (κ3) is 4.51. The maximum Gasteiger partial charge on any atom is 0.253 e. The van der Waals surface area contributed by atoms with Gasteiger partial charge in [-0.05, 0) is 61.1 Å². The van der Waals surface area contributed by atoms with E-state index in [2.05, 4.69) is 15.6 Å². The van der Waals surface area contributed by atoms with Crippen LogP contribution in [0.15, 0.2) is 36.7 Å². The Morgan fingerprint density at radius 1 is 1.19 bits per heavy atom. The lowest BCUT2D eigenvalue weighted by atomic mass is 9.90. The van der Waals surface area contributed by atoms with Crippen LogP contribution >= 0.6 is 0 Å². The second kappa shape index (κ2) is 7.86. The summed E-state index contributed by atoms with van der Waals surface area (Å²) in [5, 5.41) is 5.84. The minimum absolute atomic E-state index is 0.00506. The Labute approximate surface area is 158 Å². The standard InChI is InChI=1S/C21H24FN3O2/c1-12(2)19(25-20(26)14-5-4-8-23-11-14)17-9-15(10-18(22)13(17)3)21(27)24-16-6-7-16/h4-5,8-12,16,19H,6-7H2,1-3H3,(H,24,27)(H,25,26). The third-order valence-corrected chi connectivity index (χ3v) is 4.77. The molecule has 2 aromatic rings. The SMILES string of the molecule is Cc1c(F)cc(C(=O)NC2CC2)cc1C(NC(=O)c1cccnc1)C(C)C. The van der Waals surface area contributed by atoms with Gasteiger partial charge < -0.3 is 10.6 Å². The summed E-state index contributed by atoms with van der Waals surface area (Å²) in [5.41, 5.74) is 1.76. The highest BCUT2D eigenvalue weighted by Gasteiger charge is 2.27. The number of benzene rings is 1. The third-order valence-electron chi connectivity index (χ3n) is 4.77. The molecule has 1 heterocycles. The fraction of sp³-hybridized carbons (Fsp3) is 0.381. The zero-order chi connectivity index (χ0) is 19.6. The predicted octanol–water partition coefficient (Wildman–Crippen LogP) is 3.55. The summed E-state index contributed by atoms with van der Waals surface area (Å²) in [6, 6.07) is 6.07. The van der Waals surface area contributed by atoms with Gasteiger partial charge in [0.1, 0.15) is 5.82 Å². The molecule has 1 unspecified atom stereocenters. The van der Waals surface area contributed by atoms with Gasteiger partial charge in [0.15, 0.2) is 0 Å². The number of amides is 2. The number of aromatic nitrogens is 1. The first-order valence-electron chi connectivity index (χ1n) is 9.18. The van der Waals surface area contributed by atoms with E-state index in [9.17, 15) is 14.0 Å². The van der Waals surface area contributed by atoms with Crippen LogP contribution in [0.4, 0.5) is 4.39 Å². The second-order valence-electron chi connectivity index (χ2n) is 7.36. The molecule has 2 amide bonds. The molecule has 2 N–H and O–H groups in total. The largest absolute Gasteiger partial charge is 0.349 e. The Balaban J connectivity index is 1.90. The smallest absolute Gasteiger partial charge is 0.253 e. The summed E-state index contributed by atoms with van der Waals surface area (Å²) in [4.78, 5) is 28.9. The lowest BCUT2D eigenvalue weighted by molar-refractivity contribution is 0.0924. The molecule has 1 aromatic heterocycles. The van der Waals surface area contributed by atoms with E-state index in [0.717, 1.165) is 12.8 Å². The molecule has 142 valence electrons. The van der Waals surface area contributed by atoms with E-state index in [1.165, 1.54) is 12.3 Å². The number of hydrogen-bond donors (Lipinski definition) is 2. The van der Waals surface area contributed by atoms with Gasteiger partial charge in [0, 0.05) is 24.0 Å². The summed E-state index contributed by atoms with van der Waals surface area (Å²) in [6.45, 7) is 5.56. The Kier molecular flexibility index (Phi) is 5.54. The highest BCUT2D eigenvalue weighted by Crippen LogP contribution is 2.28. The fourth-order valence-electron chi connectivity index (χ4n) is 2.98. The van der Waals surface area contributed by atoms with Crippen LogP contribution in [0.3, 0.4) is 0 Å². The number of nitrogens with zero attached hydrogens (tertiary/aromatic N) is 1. The maximum absolute atomic E-state index is 14.5. The van der Waals surface area contributed by atoms with E-state index >= 15 is 0 Å². The molecule has 1 atom stereocenters. The Morgan fingerprint density at radius 3 is 2.52 bits per heavy atom. The van der Waals surface area contributed by atoms with Crippen molar-refractivity contribution in [1.82, 2.24) is 15.6 Å².